The van der Waals surface area contributed by atoms with Gasteiger partial charge in [-0.05, 0) is 6.42 Å². The summed E-state index contributed by atoms with van der Waals surface area (Å²) in [5.74, 6) is -0.359. The van der Waals surface area contributed by atoms with Crippen LogP contribution in [0.15, 0.2) is 0 Å². The lowest BCUT2D eigenvalue weighted by Crippen LogP contribution is -2.59. The lowest BCUT2D eigenvalue weighted by atomic mass is 9.99. The third-order valence-electron chi connectivity index (χ3n) is 3.79. The Bertz CT molecular complexity index is 321. The quantitative estimate of drug-likeness (QED) is 0.415. The second-order valence-corrected chi connectivity index (χ2v) is 5.60. The van der Waals surface area contributed by atoms with Crippen LogP contribution in [-0.2, 0) is 19.0 Å². The Balaban J connectivity index is 2.29. The Morgan fingerprint density at radius 2 is 1.73 bits per heavy atom. The van der Waals surface area contributed by atoms with Gasteiger partial charge in [0.15, 0.2) is 6.29 Å². The van der Waals surface area contributed by atoms with Crippen LogP contribution in [0, 0.1) is 0 Å². The van der Waals surface area contributed by atoms with Crippen LogP contribution < -0.4 is 0 Å². The maximum atomic E-state index is 11.6. The number of hydrogen-bond acceptors (Lipinski definition) is 7. The van der Waals surface area contributed by atoms with Gasteiger partial charge in [-0.15, -0.1) is 0 Å². The summed E-state index contributed by atoms with van der Waals surface area (Å²) in [6.07, 6.45) is -0.563. The molecule has 0 saturated carbocycles. The van der Waals surface area contributed by atoms with Crippen molar-refractivity contribution in [2.24, 2.45) is 0 Å². The van der Waals surface area contributed by atoms with Crippen molar-refractivity contribution in [2.75, 3.05) is 13.7 Å². The number of rotatable bonds is 9. The lowest BCUT2D eigenvalue weighted by molar-refractivity contribution is -0.295. The third-order valence-corrected chi connectivity index (χ3v) is 3.79. The maximum Gasteiger partial charge on any atom is 0.305 e. The van der Waals surface area contributed by atoms with E-state index in [1.54, 1.807) is 0 Å². The molecule has 0 amide bonds. The van der Waals surface area contributed by atoms with Crippen molar-refractivity contribution in [1.29, 1.82) is 0 Å². The van der Waals surface area contributed by atoms with Gasteiger partial charge in [-0.25, -0.2) is 0 Å². The number of aliphatic hydroxyl groups is 3. The van der Waals surface area contributed by atoms with Crippen molar-refractivity contribution >= 4 is 5.97 Å². The Morgan fingerprint density at radius 1 is 1.05 bits per heavy atom. The Morgan fingerprint density at radius 3 is 2.36 bits per heavy atom. The van der Waals surface area contributed by atoms with Crippen molar-refractivity contribution < 1.29 is 34.3 Å². The molecule has 0 aliphatic carbocycles. The zero-order valence-electron chi connectivity index (χ0n) is 13.3. The molecule has 1 fully saturated rings. The Kier molecular flexibility index (Phi) is 8.89. The van der Waals surface area contributed by atoms with Crippen molar-refractivity contribution in [1.82, 2.24) is 0 Å². The molecule has 1 aliphatic heterocycles. The van der Waals surface area contributed by atoms with Gasteiger partial charge >= 0.3 is 5.97 Å². The standard InChI is InChI=1S/C15H28O7/c1-3-4-5-6-7-8-11(16)21-9-10-12(17)13(18)14(19)15(20-2)22-10/h10,12-15,17-19H,3-9H2,1-2H3/t10-,12-,13+,14-,15+/m1/s1. The molecule has 3 N–H and O–H groups in total. The van der Waals surface area contributed by atoms with Crippen LogP contribution in [-0.4, -0.2) is 65.7 Å². The summed E-state index contributed by atoms with van der Waals surface area (Å²) in [6.45, 7) is 1.95. The van der Waals surface area contributed by atoms with Gasteiger partial charge in [-0.1, -0.05) is 32.6 Å². The van der Waals surface area contributed by atoms with E-state index in [1.807, 2.05) is 0 Å². The lowest BCUT2D eigenvalue weighted by Gasteiger charge is -2.39. The van der Waals surface area contributed by atoms with E-state index < -0.39 is 30.7 Å². The van der Waals surface area contributed by atoms with Crippen LogP contribution in [0.25, 0.3) is 0 Å². The first-order valence-electron chi connectivity index (χ1n) is 7.89. The summed E-state index contributed by atoms with van der Waals surface area (Å²) in [5.41, 5.74) is 0. The summed E-state index contributed by atoms with van der Waals surface area (Å²) in [7, 11) is 1.32. The highest BCUT2D eigenvalue weighted by Gasteiger charge is 2.44. The molecule has 22 heavy (non-hydrogen) atoms. The molecule has 130 valence electrons. The van der Waals surface area contributed by atoms with Crippen molar-refractivity contribution in [3.8, 4) is 0 Å². The molecule has 1 saturated heterocycles. The molecule has 0 aromatic carbocycles. The molecule has 0 spiro atoms. The molecule has 0 aromatic heterocycles. The summed E-state index contributed by atoms with van der Waals surface area (Å²) in [5, 5.41) is 29.2. The largest absolute Gasteiger partial charge is 0.463 e. The van der Waals surface area contributed by atoms with Crippen molar-refractivity contribution in [3.63, 3.8) is 0 Å². The highest BCUT2D eigenvalue weighted by molar-refractivity contribution is 5.69. The van der Waals surface area contributed by atoms with Gasteiger partial charge in [-0.2, -0.15) is 0 Å². The molecule has 0 bridgehead atoms. The fourth-order valence-electron chi connectivity index (χ4n) is 2.37. The zero-order chi connectivity index (χ0) is 16.5. The van der Waals surface area contributed by atoms with Crippen molar-refractivity contribution in [2.45, 2.75) is 76.2 Å². The molecule has 1 heterocycles. The first kappa shape index (κ1) is 19.3. The van der Waals surface area contributed by atoms with E-state index in [2.05, 4.69) is 6.92 Å². The van der Waals surface area contributed by atoms with E-state index in [1.165, 1.54) is 7.11 Å². The minimum Gasteiger partial charge on any atom is -0.463 e. The molecule has 7 heteroatoms. The van der Waals surface area contributed by atoms with E-state index >= 15 is 0 Å². The number of esters is 1. The Hall–Kier alpha value is -0.730. The average molecular weight is 320 g/mol. The van der Waals surface area contributed by atoms with E-state index in [-0.39, 0.29) is 12.6 Å². The first-order valence-corrected chi connectivity index (χ1v) is 7.89. The minimum atomic E-state index is -1.41. The second kappa shape index (κ2) is 10.1. The van der Waals surface area contributed by atoms with Crippen molar-refractivity contribution in [3.05, 3.63) is 0 Å². The van der Waals surface area contributed by atoms with Gasteiger partial charge < -0.3 is 29.5 Å². The van der Waals surface area contributed by atoms with Crippen LogP contribution in [0.1, 0.15) is 45.4 Å². The molecule has 7 nitrogen and oxygen atoms in total. The van der Waals surface area contributed by atoms with Crippen LogP contribution in [0.3, 0.4) is 0 Å². The molecular formula is C15H28O7. The van der Waals surface area contributed by atoms with E-state index in [4.69, 9.17) is 14.2 Å². The van der Waals surface area contributed by atoms with Gasteiger partial charge in [0.05, 0.1) is 0 Å². The average Bonchev–Trinajstić information content (AvgIpc) is 2.52. The topological polar surface area (TPSA) is 105 Å². The molecular weight excluding hydrogens is 292 g/mol. The van der Waals surface area contributed by atoms with E-state index in [0.717, 1.165) is 32.1 Å². The van der Waals surface area contributed by atoms with Gasteiger partial charge in [0.2, 0.25) is 0 Å². The van der Waals surface area contributed by atoms with Crippen LogP contribution in [0.2, 0.25) is 0 Å². The monoisotopic (exact) mass is 320 g/mol. The summed E-state index contributed by atoms with van der Waals surface area (Å²) in [4.78, 5) is 11.6. The maximum absolute atomic E-state index is 11.6. The van der Waals surface area contributed by atoms with E-state index in [0.29, 0.717) is 6.42 Å². The number of methoxy groups -OCH3 is 1. The molecule has 1 aliphatic rings. The minimum absolute atomic E-state index is 0.182. The fourth-order valence-corrected chi connectivity index (χ4v) is 2.37. The third kappa shape index (κ3) is 5.81. The van der Waals surface area contributed by atoms with Crippen LogP contribution in [0.4, 0.5) is 0 Å². The fraction of sp³-hybridized carbons (Fsp3) is 0.933. The van der Waals surface area contributed by atoms with Crippen LogP contribution >= 0.6 is 0 Å². The molecule has 5 atom stereocenters. The van der Waals surface area contributed by atoms with Gasteiger partial charge in [-0.3, -0.25) is 4.79 Å². The molecule has 0 aromatic rings. The number of carbonyl (C=O) groups is 1. The second-order valence-electron chi connectivity index (χ2n) is 5.60. The number of ether oxygens (including phenoxy) is 3. The number of carbonyl (C=O) groups excluding carboxylic acids is 1. The number of hydrogen-bond donors (Lipinski definition) is 3. The smallest absolute Gasteiger partial charge is 0.305 e. The van der Waals surface area contributed by atoms with Gasteiger partial charge in [0, 0.05) is 13.5 Å². The highest BCUT2D eigenvalue weighted by atomic mass is 16.7. The van der Waals surface area contributed by atoms with E-state index in [9.17, 15) is 20.1 Å². The SMILES string of the molecule is CCCCCCCC(=O)OC[C@H]1O[C@H](OC)[C@H](O)[C@@H](O)[C@@H]1O. The normalized spacial score (nSPS) is 32.0. The Labute approximate surface area is 131 Å². The summed E-state index contributed by atoms with van der Waals surface area (Å²) >= 11 is 0. The predicted molar refractivity (Wildman–Crippen MR) is 78.0 cm³/mol. The zero-order valence-corrected chi connectivity index (χ0v) is 13.3. The molecule has 0 radical (unpaired) electrons. The summed E-state index contributed by atoms with van der Waals surface area (Å²) in [6, 6.07) is 0. The number of aliphatic hydroxyl groups excluding tert-OH is 3. The highest BCUT2D eigenvalue weighted by Crippen LogP contribution is 2.22. The molecule has 0 unspecified atom stereocenters. The number of unbranched alkanes of at least 4 members (excludes halogenated alkanes) is 4. The van der Waals surface area contributed by atoms with Gasteiger partial charge in [0.25, 0.3) is 0 Å². The predicted octanol–water partition coefficient (Wildman–Crippen LogP) is 0.344. The van der Waals surface area contributed by atoms with Crippen LogP contribution in [0.5, 0.6) is 0 Å². The molecule has 1 rings (SSSR count). The summed E-state index contributed by atoms with van der Waals surface area (Å²) < 4.78 is 15.2. The van der Waals surface area contributed by atoms with Gasteiger partial charge in [0.1, 0.15) is 31.0 Å². The first-order chi connectivity index (χ1) is 10.5.